The quantitative estimate of drug-likeness (QED) is 0.839. The summed E-state index contributed by atoms with van der Waals surface area (Å²) in [4.78, 5) is 18.0. The van der Waals surface area contributed by atoms with Crippen molar-refractivity contribution in [2.45, 2.75) is 45.8 Å². The highest BCUT2D eigenvalue weighted by atomic mass is 16.3. The molecular formula is C16H28N4O2. The summed E-state index contributed by atoms with van der Waals surface area (Å²) < 4.78 is 2.09. The van der Waals surface area contributed by atoms with Crippen molar-refractivity contribution >= 4 is 6.03 Å². The SMILES string of the molecule is Cc1nccn1CC(C)CNC(=O)N(C)CC1CCCC1O. The number of nitrogens with zero attached hydrogens (tertiary/aromatic N) is 3. The van der Waals surface area contributed by atoms with Gasteiger partial charge in [-0.05, 0) is 25.7 Å². The van der Waals surface area contributed by atoms with Gasteiger partial charge in [-0.15, -0.1) is 0 Å². The highest BCUT2D eigenvalue weighted by Gasteiger charge is 2.27. The zero-order valence-corrected chi connectivity index (χ0v) is 13.8. The molecule has 0 aromatic carbocycles. The standard InChI is InChI=1S/C16H28N4O2/c1-12(10-20-8-7-17-13(20)2)9-18-16(22)19(3)11-14-5-4-6-15(14)21/h7-8,12,14-15,21H,4-6,9-11H2,1-3H3,(H,18,22). The number of hydrogen-bond donors (Lipinski definition) is 2. The van der Waals surface area contributed by atoms with Crippen LogP contribution in [-0.2, 0) is 6.54 Å². The Hall–Kier alpha value is -1.56. The van der Waals surface area contributed by atoms with Gasteiger partial charge in [0.15, 0.2) is 0 Å². The van der Waals surface area contributed by atoms with Crippen LogP contribution in [0.4, 0.5) is 4.79 Å². The third-order valence-electron chi connectivity index (χ3n) is 4.51. The molecule has 22 heavy (non-hydrogen) atoms. The van der Waals surface area contributed by atoms with E-state index in [4.69, 9.17) is 0 Å². The van der Waals surface area contributed by atoms with Crippen molar-refractivity contribution in [3.05, 3.63) is 18.2 Å². The molecule has 1 aromatic heterocycles. The summed E-state index contributed by atoms with van der Waals surface area (Å²) in [5.41, 5.74) is 0. The van der Waals surface area contributed by atoms with Crippen molar-refractivity contribution in [3.8, 4) is 0 Å². The predicted octanol–water partition coefficient (Wildman–Crippen LogP) is 1.63. The summed E-state index contributed by atoms with van der Waals surface area (Å²) in [6.07, 6.45) is 6.43. The van der Waals surface area contributed by atoms with E-state index in [1.165, 1.54) is 0 Å². The van der Waals surface area contributed by atoms with E-state index in [9.17, 15) is 9.90 Å². The number of carbonyl (C=O) groups is 1. The van der Waals surface area contributed by atoms with Gasteiger partial charge in [0.1, 0.15) is 5.82 Å². The molecule has 6 nitrogen and oxygen atoms in total. The molecule has 0 aliphatic heterocycles. The van der Waals surface area contributed by atoms with Gasteiger partial charge in [-0.3, -0.25) is 0 Å². The van der Waals surface area contributed by atoms with E-state index in [1.807, 2.05) is 13.1 Å². The maximum absolute atomic E-state index is 12.1. The molecule has 0 bridgehead atoms. The number of nitrogens with one attached hydrogen (secondary N) is 1. The van der Waals surface area contributed by atoms with Crippen molar-refractivity contribution in [2.75, 3.05) is 20.1 Å². The highest BCUT2D eigenvalue weighted by molar-refractivity contribution is 5.73. The molecule has 3 atom stereocenters. The van der Waals surface area contributed by atoms with Crippen LogP contribution in [0.5, 0.6) is 0 Å². The van der Waals surface area contributed by atoms with Crippen LogP contribution in [0.1, 0.15) is 32.0 Å². The Balaban J connectivity index is 1.71. The van der Waals surface area contributed by atoms with E-state index in [0.29, 0.717) is 19.0 Å². The second kappa shape index (κ2) is 7.63. The molecular weight excluding hydrogens is 280 g/mol. The predicted molar refractivity (Wildman–Crippen MR) is 85.5 cm³/mol. The van der Waals surface area contributed by atoms with Gasteiger partial charge >= 0.3 is 6.03 Å². The number of aromatic nitrogens is 2. The third kappa shape index (κ3) is 4.47. The molecule has 0 spiro atoms. The lowest BCUT2D eigenvalue weighted by Gasteiger charge is -2.24. The van der Waals surface area contributed by atoms with Crippen LogP contribution < -0.4 is 5.32 Å². The Kier molecular flexibility index (Phi) is 5.83. The van der Waals surface area contributed by atoms with Crippen LogP contribution in [-0.4, -0.2) is 51.8 Å². The van der Waals surface area contributed by atoms with Crippen molar-refractivity contribution in [2.24, 2.45) is 11.8 Å². The van der Waals surface area contributed by atoms with Crippen LogP contribution in [0, 0.1) is 18.8 Å². The Morgan fingerprint density at radius 2 is 2.36 bits per heavy atom. The van der Waals surface area contributed by atoms with Gasteiger partial charge < -0.3 is 19.9 Å². The molecule has 1 aliphatic rings. The first kappa shape index (κ1) is 16.8. The number of urea groups is 1. The summed E-state index contributed by atoms with van der Waals surface area (Å²) in [6, 6.07) is -0.0618. The van der Waals surface area contributed by atoms with Crippen LogP contribution >= 0.6 is 0 Å². The molecule has 2 rings (SSSR count). The smallest absolute Gasteiger partial charge is 0.317 e. The van der Waals surface area contributed by atoms with Crippen molar-refractivity contribution in [3.63, 3.8) is 0 Å². The summed E-state index contributed by atoms with van der Waals surface area (Å²) in [5.74, 6) is 1.55. The van der Waals surface area contributed by atoms with Gasteiger partial charge in [0.2, 0.25) is 0 Å². The fourth-order valence-corrected chi connectivity index (χ4v) is 3.06. The zero-order valence-electron chi connectivity index (χ0n) is 13.8. The fraction of sp³-hybridized carbons (Fsp3) is 0.750. The van der Waals surface area contributed by atoms with Crippen LogP contribution in [0.15, 0.2) is 12.4 Å². The summed E-state index contributed by atoms with van der Waals surface area (Å²) in [7, 11) is 1.80. The average Bonchev–Trinajstić information content (AvgIpc) is 3.06. The normalized spacial score (nSPS) is 22.5. The van der Waals surface area contributed by atoms with Gasteiger partial charge in [-0.1, -0.05) is 13.3 Å². The lowest BCUT2D eigenvalue weighted by Crippen LogP contribution is -2.42. The summed E-state index contributed by atoms with van der Waals surface area (Å²) in [6.45, 7) is 6.19. The highest BCUT2D eigenvalue weighted by Crippen LogP contribution is 2.25. The second-order valence-electron chi connectivity index (χ2n) is 6.56. The first-order chi connectivity index (χ1) is 10.5. The molecule has 3 unspecified atom stereocenters. The largest absolute Gasteiger partial charge is 0.393 e. The lowest BCUT2D eigenvalue weighted by atomic mass is 10.1. The molecule has 1 heterocycles. The maximum atomic E-state index is 12.1. The van der Waals surface area contributed by atoms with Gasteiger partial charge in [0.05, 0.1) is 6.10 Å². The first-order valence-corrected chi connectivity index (χ1v) is 8.12. The van der Waals surface area contributed by atoms with Gasteiger partial charge in [0.25, 0.3) is 0 Å². The number of amides is 2. The third-order valence-corrected chi connectivity index (χ3v) is 4.51. The van der Waals surface area contributed by atoms with E-state index in [2.05, 4.69) is 21.8 Å². The van der Waals surface area contributed by atoms with Crippen molar-refractivity contribution < 1.29 is 9.90 Å². The Bertz CT molecular complexity index is 488. The molecule has 0 radical (unpaired) electrons. The second-order valence-corrected chi connectivity index (χ2v) is 6.56. The van der Waals surface area contributed by atoms with Crippen LogP contribution in [0.2, 0.25) is 0 Å². The number of aliphatic hydroxyl groups excluding tert-OH is 1. The molecule has 124 valence electrons. The number of aryl methyl sites for hydroxylation is 1. The molecule has 2 amide bonds. The number of hydrogen-bond acceptors (Lipinski definition) is 3. The van der Waals surface area contributed by atoms with E-state index in [0.717, 1.165) is 31.6 Å². The number of carbonyl (C=O) groups excluding carboxylic acids is 1. The minimum atomic E-state index is -0.251. The van der Waals surface area contributed by atoms with Crippen LogP contribution in [0.25, 0.3) is 0 Å². The topological polar surface area (TPSA) is 70.4 Å². The number of rotatable bonds is 6. The first-order valence-electron chi connectivity index (χ1n) is 8.12. The minimum Gasteiger partial charge on any atom is -0.393 e. The molecule has 1 aliphatic carbocycles. The summed E-state index contributed by atoms with van der Waals surface area (Å²) >= 11 is 0. The maximum Gasteiger partial charge on any atom is 0.317 e. The van der Waals surface area contributed by atoms with Gasteiger partial charge in [0, 0.05) is 45.0 Å². The Morgan fingerprint density at radius 3 is 2.95 bits per heavy atom. The lowest BCUT2D eigenvalue weighted by molar-refractivity contribution is 0.113. The molecule has 6 heteroatoms. The van der Waals surface area contributed by atoms with Gasteiger partial charge in [-0.25, -0.2) is 9.78 Å². The number of aliphatic hydroxyl groups is 1. The monoisotopic (exact) mass is 308 g/mol. The van der Waals surface area contributed by atoms with Crippen molar-refractivity contribution in [1.82, 2.24) is 19.8 Å². The van der Waals surface area contributed by atoms with Gasteiger partial charge in [-0.2, -0.15) is 0 Å². The van der Waals surface area contributed by atoms with Crippen molar-refractivity contribution in [1.29, 1.82) is 0 Å². The molecule has 1 saturated carbocycles. The molecule has 2 N–H and O–H groups in total. The van der Waals surface area contributed by atoms with E-state index in [1.54, 1.807) is 18.1 Å². The minimum absolute atomic E-state index is 0.0618. The molecule has 1 aromatic rings. The summed E-state index contributed by atoms with van der Waals surface area (Å²) in [5, 5.41) is 12.8. The van der Waals surface area contributed by atoms with E-state index < -0.39 is 0 Å². The molecule has 0 saturated heterocycles. The average molecular weight is 308 g/mol. The molecule has 1 fully saturated rings. The zero-order chi connectivity index (χ0) is 16.1. The Morgan fingerprint density at radius 1 is 1.59 bits per heavy atom. The van der Waals surface area contributed by atoms with Crippen LogP contribution in [0.3, 0.4) is 0 Å². The fourth-order valence-electron chi connectivity index (χ4n) is 3.06. The number of imidazole rings is 1. The Labute approximate surface area is 132 Å². The van der Waals surface area contributed by atoms with E-state index >= 15 is 0 Å². The van der Waals surface area contributed by atoms with E-state index in [-0.39, 0.29) is 18.1 Å².